The van der Waals surface area contributed by atoms with Crippen molar-refractivity contribution in [3.8, 4) is 0 Å². The van der Waals surface area contributed by atoms with Crippen molar-refractivity contribution < 1.29 is 13.7 Å². The summed E-state index contributed by atoms with van der Waals surface area (Å²) in [7, 11) is 1.72. The Hall–Kier alpha value is -2.34. The lowest BCUT2D eigenvalue weighted by Gasteiger charge is -2.17. The molecule has 2 aromatic rings. The SMILES string of the molecule is CN(Cc1ccc(F)cc1F)Cc1ccccc1[N+](=O)[O-]. The van der Waals surface area contributed by atoms with Crippen LogP contribution in [-0.4, -0.2) is 16.9 Å². The first-order valence-electron chi connectivity index (χ1n) is 6.32. The molecule has 0 bridgehead atoms. The van der Waals surface area contributed by atoms with Crippen molar-refractivity contribution in [2.45, 2.75) is 13.1 Å². The first-order chi connectivity index (χ1) is 9.97. The van der Waals surface area contributed by atoms with E-state index < -0.39 is 16.6 Å². The summed E-state index contributed by atoms with van der Waals surface area (Å²) in [4.78, 5) is 12.2. The second kappa shape index (κ2) is 6.41. The predicted molar refractivity (Wildman–Crippen MR) is 74.6 cm³/mol. The summed E-state index contributed by atoms with van der Waals surface area (Å²) < 4.78 is 26.4. The summed E-state index contributed by atoms with van der Waals surface area (Å²) in [6, 6.07) is 9.80. The number of nitro benzene ring substituents is 1. The maximum Gasteiger partial charge on any atom is 0.273 e. The molecule has 0 spiro atoms. The Labute approximate surface area is 120 Å². The highest BCUT2D eigenvalue weighted by molar-refractivity contribution is 5.39. The highest BCUT2D eigenvalue weighted by Crippen LogP contribution is 2.20. The molecule has 0 heterocycles. The Bertz CT molecular complexity index is 662. The fourth-order valence-corrected chi connectivity index (χ4v) is 2.11. The Morgan fingerprint density at radius 2 is 1.76 bits per heavy atom. The molecule has 0 aliphatic carbocycles. The van der Waals surface area contributed by atoms with Crippen molar-refractivity contribution >= 4 is 5.69 Å². The van der Waals surface area contributed by atoms with Crippen LogP contribution in [0.5, 0.6) is 0 Å². The Morgan fingerprint density at radius 1 is 1.10 bits per heavy atom. The number of nitro groups is 1. The molecular weight excluding hydrogens is 278 g/mol. The van der Waals surface area contributed by atoms with Crippen LogP contribution in [0.4, 0.5) is 14.5 Å². The van der Waals surface area contributed by atoms with E-state index in [-0.39, 0.29) is 12.2 Å². The van der Waals surface area contributed by atoms with Gasteiger partial charge in [0.25, 0.3) is 5.69 Å². The summed E-state index contributed by atoms with van der Waals surface area (Å²) in [5.41, 5.74) is 0.925. The lowest BCUT2D eigenvalue weighted by Crippen LogP contribution is -2.18. The largest absolute Gasteiger partial charge is 0.297 e. The van der Waals surface area contributed by atoms with E-state index in [2.05, 4.69) is 0 Å². The minimum atomic E-state index is -0.627. The molecule has 0 aliphatic heterocycles. The molecule has 6 heteroatoms. The van der Waals surface area contributed by atoms with Gasteiger partial charge in [-0.05, 0) is 13.1 Å². The zero-order chi connectivity index (χ0) is 15.4. The molecule has 0 N–H and O–H groups in total. The van der Waals surface area contributed by atoms with Crippen LogP contribution >= 0.6 is 0 Å². The number of halogens is 2. The molecule has 2 aromatic carbocycles. The van der Waals surface area contributed by atoms with Crippen LogP contribution in [-0.2, 0) is 13.1 Å². The van der Waals surface area contributed by atoms with Crippen molar-refractivity contribution in [2.75, 3.05) is 7.05 Å². The molecule has 21 heavy (non-hydrogen) atoms. The van der Waals surface area contributed by atoms with Gasteiger partial charge in [0, 0.05) is 36.3 Å². The van der Waals surface area contributed by atoms with Gasteiger partial charge in [0.15, 0.2) is 0 Å². The molecule has 4 nitrogen and oxygen atoms in total. The lowest BCUT2D eigenvalue weighted by atomic mass is 10.1. The molecule has 0 saturated carbocycles. The maximum atomic E-state index is 13.6. The molecule has 0 unspecified atom stereocenters. The zero-order valence-electron chi connectivity index (χ0n) is 11.4. The third-order valence-corrected chi connectivity index (χ3v) is 3.08. The zero-order valence-corrected chi connectivity index (χ0v) is 11.4. The molecule has 0 amide bonds. The summed E-state index contributed by atoms with van der Waals surface area (Å²) in [5, 5.41) is 10.9. The lowest BCUT2D eigenvalue weighted by molar-refractivity contribution is -0.385. The number of rotatable bonds is 5. The monoisotopic (exact) mass is 292 g/mol. The predicted octanol–water partition coefficient (Wildman–Crippen LogP) is 3.51. The van der Waals surface area contributed by atoms with Crippen LogP contribution in [0.2, 0.25) is 0 Å². The molecule has 0 radical (unpaired) electrons. The number of benzene rings is 2. The van der Waals surface area contributed by atoms with Gasteiger partial charge < -0.3 is 0 Å². The van der Waals surface area contributed by atoms with Gasteiger partial charge in [-0.1, -0.05) is 24.3 Å². The molecule has 0 aliphatic rings. The highest BCUT2D eigenvalue weighted by Gasteiger charge is 2.15. The minimum Gasteiger partial charge on any atom is -0.297 e. The van der Waals surface area contributed by atoms with E-state index >= 15 is 0 Å². The molecule has 0 fully saturated rings. The number of hydrogen-bond acceptors (Lipinski definition) is 3. The van der Waals surface area contributed by atoms with Gasteiger partial charge in [-0.15, -0.1) is 0 Å². The number of hydrogen-bond donors (Lipinski definition) is 0. The third-order valence-electron chi connectivity index (χ3n) is 3.08. The van der Waals surface area contributed by atoms with Crippen molar-refractivity contribution in [3.63, 3.8) is 0 Å². The van der Waals surface area contributed by atoms with Crippen LogP contribution in [0, 0.1) is 21.7 Å². The van der Waals surface area contributed by atoms with Crippen molar-refractivity contribution in [1.29, 1.82) is 0 Å². The Morgan fingerprint density at radius 3 is 2.43 bits per heavy atom. The van der Waals surface area contributed by atoms with Crippen molar-refractivity contribution in [2.24, 2.45) is 0 Å². The van der Waals surface area contributed by atoms with E-state index in [9.17, 15) is 18.9 Å². The average Bonchev–Trinajstić information content (AvgIpc) is 2.42. The topological polar surface area (TPSA) is 46.4 Å². The van der Waals surface area contributed by atoms with Gasteiger partial charge in [-0.2, -0.15) is 0 Å². The van der Waals surface area contributed by atoms with E-state index in [1.54, 1.807) is 30.1 Å². The second-order valence-corrected chi connectivity index (χ2v) is 4.79. The van der Waals surface area contributed by atoms with Gasteiger partial charge in [0.2, 0.25) is 0 Å². The van der Waals surface area contributed by atoms with E-state index in [0.717, 1.165) is 6.07 Å². The quantitative estimate of drug-likeness (QED) is 0.626. The molecule has 110 valence electrons. The molecular formula is C15H14F2N2O2. The van der Waals surface area contributed by atoms with E-state index in [0.29, 0.717) is 17.7 Å². The first kappa shape index (κ1) is 15.1. The van der Waals surface area contributed by atoms with Crippen LogP contribution in [0.25, 0.3) is 0 Å². The first-order valence-corrected chi connectivity index (χ1v) is 6.32. The van der Waals surface area contributed by atoms with Crippen molar-refractivity contribution in [3.05, 3.63) is 75.3 Å². The van der Waals surface area contributed by atoms with E-state index in [4.69, 9.17) is 0 Å². The summed E-state index contributed by atoms with van der Waals surface area (Å²) in [5.74, 6) is -1.25. The van der Waals surface area contributed by atoms with Gasteiger partial charge >= 0.3 is 0 Å². The Kier molecular flexibility index (Phi) is 4.59. The summed E-state index contributed by atoms with van der Waals surface area (Å²) in [6.07, 6.45) is 0. The average molecular weight is 292 g/mol. The highest BCUT2D eigenvalue weighted by atomic mass is 19.1. The molecule has 2 rings (SSSR count). The summed E-state index contributed by atoms with van der Waals surface area (Å²) in [6.45, 7) is 0.534. The number of nitrogens with zero attached hydrogens (tertiary/aromatic N) is 2. The van der Waals surface area contributed by atoms with Gasteiger partial charge in [-0.25, -0.2) is 8.78 Å². The second-order valence-electron chi connectivity index (χ2n) is 4.79. The van der Waals surface area contributed by atoms with Crippen LogP contribution < -0.4 is 0 Å². The standard InChI is InChI=1S/C15H14F2N2O2/c1-18(9-11-6-7-13(16)8-14(11)17)10-12-4-2-3-5-15(12)19(20)21/h2-8H,9-10H2,1H3. The van der Waals surface area contributed by atoms with Crippen molar-refractivity contribution in [1.82, 2.24) is 4.90 Å². The van der Waals surface area contributed by atoms with E-state index in [1.807, 2.05) is 0 Å². The molecule has 0 atom stereocenters. The fraction of sp³-hybridized carbons (Fsp3) is 0.200. The van der Waals surface area contributed by atoms with E-state index in [1.165, 1.54) is 18.2 Å². The maximum absolute atomic E-state index is 13.6. The normalized spacial score (nSPS) is 10.9. The van der Waals surface area contributed by atoms with Gasteiger partial charge in [-0.3, -0.25) is 15.0 Å². The molecule has 0 aromatic heterocycles. The van der Waals surface area contributed by atoms with Gasteiger partial charge in [0.1, 0.15) is 11.6 Å². The number of para-hydroxylation sites is 1. The van der Waals surface area contributed by atoms with Gasteiger partial charge in [0.05, 0.1) is 4.92 Å². The minimum absolute atomic E-state index is 0.0314. The molecule has 0 saturated heterocycles. The van der Waals surface area contributed by atoms with Crippen LogP contribution in [0.3, 0.4) is 0 Å². The summed E-state index contributed by atoms with van der Waals surface area (Å²) >= 11 is 0. The smallest absolute Gasteiger partial charge is 0.273 e. The Balaban J connectivity index is 2.12. The fourth-order valence-electron chi connectivity index (χ4n) is 2.11. The van der Waals surface area contributed by atoms with Crippen LogP contribution in [0.15, 0.2) is 42.5 Å². The van der Waals surface area contributed by atoms with Crippen LogP contribution in [0.1, 0.15) is 11.1 Å². The third kappa shape index (κ3) is 3.82.